The predicted octanol–water partition coefficient (Wildman–Crippen LogP) is 1.11. The molecule has 2 unspecified atom stereocenters. The second-order valence-corrected chi connectivity index (χ2v) is 5.10. The Morgan fingerprint density at radius 1 is 1.39 bits per heavy atom. The first-order valence-corrected chi connectivity index (χ1v) is 6.50. The van der Waals surface area contributed by atoms with Gasteiger partial charge in [0.1, 0.15) is 5.54 Å². The maximum atomic E-state index is 12.0. The van der Waals surface area contributed by atoms with Gasteiger partial charge < -0.3 is 14.2 Å². The lowest BCUT2D eigenvalue weighted by Crippen LogP contribution is -2.53. The van der Waals surface area contributed by atoms with Crippen molar-refractivity contribution in [3.05, 3.63) is 0 Å². The Labute approximate surface area is 109 Å². The van der Waals surface area contributed by atoms with E-state index >= 15 is 0 Å². The van der Waals surface area contributed by atoms with Crippen molar-refractivity contribution in [3.8, 4) is 0 Å². The number of hydrogen-bond donors (Lipinski definition) is 1. The smallest absolute Gasteiger partial charge is 0.326 e. The standard InChI is InChI=1S/C13H25NO4/c1-10(2)14-13(12(15)17-4)6-5-11(9-13)18-8-7-16-3/h10-11,14H,5-9H2,1-4H3. The van der Waals surface area contributed by atoms with Gasteiger partial charge in [-0.1, -0.05) is 0 Å². The molecule has 1 N–H and O–H groups in total. The Hall–Kier alpha value is -0.650. The molecule has 5 nitrogen and oxygen atoms in total. The lowest BCUT2D eigenvalue weighted by molar-refractivity contribution is -0.149. The third-order valence-electron chi connectivity index (χ3n) is 3.25. The Kier molecular flexibility index (Phi) is 6.05. The van der Waals surface area contributed by atoms with E-state index in [2.05, 4.69) is 5.32 Å². The van der Waals surface area contributed by atoms with Crippen molar-refractivity contribution in [2.45, 2.75) is 50.8 Å². The van der Waals surface area contributed by atoms with Crippen LogP contribution in [0.3, 0.4) is 0 Å². The number of carbonyl (C=O) groups is 1. The predicted molar refractivity (Wildman–Crippen MR) is 68.5 cm³/mol. The molecule has 0 bridgehead atoms. The maximum Gasteiger partial charge on any atom is 0.326 e. The molecule has 0 amide bonds. The van der Waals surface area contributed by atoms with Crippen LogP contribution in [0, 0.1) is 0 Å². The zero-order valence-electron chi connectivity index (χ0n) is 11.8. The van der Waals surface area contributed by atoms with Crippen LogP contribution >= 0.6 is 0 Å². The number of rotatable bonds is 7. The van der Waals surface area contributed by atoms with Gasteiger partial charge in [0.15, 0.2) is 0 Å². The van der Waals surface area contributed by atoms with Crippen LogP contribution in [0.1, 0.15) is 33.1 Å². The summed E-state index contributed by atoms with van der Waals surface area (Å²) in [7, 11) is 3.09. The molecule has 0 radical (unpaired) electrons. The molecule has 5 heteroatoms. The van der Waals surface area contributed by atoms with Gasteiger partial charge in [-0.15, -0.1) is 0 Å². The van der Waals surface area contributed by atoms with E-state index < -0.39 is 5.54 Å². The monoisotopic (exact) mass is 259 g/mol. The lowest BCUT2D eigenvalue weighted by atomic mass is 9.96. The van der Waals surface area contributed by atoms with Crippen LogP contribution in [-0.2, 0) is 19.0 Å². The molecular formula is C13H25NO4. The van der Waals surface area contributed by atoms with Gasteiger partial charge in [0.05, 0.1) is 26.4 Å². The van der Waals surface area contributed by atoms with Crippen LogP contribution in [0.15, 0.2) is 0 Å². The van der Waals surface area contributed by atoms with E-state index in [0.717, 1.165) is 12.8 Å². The molecule has 1 saturated carbocycles. The number of nitrogens with one attached hydrogen (secondary N) is 1. The molecule has 2 atom stereocenters. The van der Waals surface area contributed by atoms with Gasteiger partial charge in [0.25, 0.3) is 0 Å². The van der Waals surface area contributed by atoms with Gasteiger partial charge in [0, 0.05) is 19.6 Å². The summed E-state index contributed by atoms with van der Waals surface area (Å²) in [4.78, 5) is 12.0. The maximum absolute atomic E-state index is 12.0. The van der Waals surface area contributed by atoms with Gasteiger partial charge >= 0.3 is 5.97 Å². The van der Waals surface area contributed by atoms with E-state index in [9.17, 15) is 4.79 Å². The highest BCUT2D eigenvalue weighted by molar-refractivity contribution is 5.81. The number of hydrogen-bond acceptors (Lipinski definition) is 5. The highest BCUT2D eigenvalue weighted by atomic mass is 16.5. The minimum absolute atomic E-state index is 0.102. The first-order valence-electron chi connectivity index (χ1n) is 6.50. The highest BCUT2D eigenvalue weighted by Crippen LogP contribution is 2.33. The highest BCUT2D eigenvalue weighted by Gasteiger charge is 2.46. The molecule has 0 aromatic carbocycles. The summed E-state index contributed by atoms with van der Waals surface area (Å²) < 4.78 is 15.6. The van der Waals surface area contributed by atoms with E-state index in [4.69, 9.17) is 14.2 Å². The van der Waals surface area contributed by atoms with Gasteiger partial charge in [-0.3, -0.25) is 10.1 Å². The van der Waals surface area contributed by atoms with E-state index in [1.807, 2.05) is 13.8 Å². The molecule has 0 saturated heterocycles. The van der Waals surface area contributed by atoms with Crippen molar-refractivity contribution in [1.29, 1.82) is 0 Å². The largest absolute Gasteiger partial charge is 0.468 e. The fourth-order valence-electron chi connectivity index (χ4n) is 2.56. The van der Waals surface area contributed by atoms with Gasteiger partial charge in [0.2, 0.25) is 0 Å². The van der Waals surface area contributed by atoms with Gasteiger partial charge in [-0.05, 0) is 26.7 Å². The van der Waals surface area contributed by atoms with Crippen molar-refractivity contribution in [1.82, 2.24) is 5.32 Å². The van der Waals surface area contributed by atoms with Crippen LogP contribution in [-0.4, -0.2) is 51.1 Å². The quantitative estimate of drug-likeness (QED) is 0.548. The number of esters is 1. The second kappa shape index (κ2) is 7.07. The van der Waals surface area contributed by atoms with Gasteiger partial charge in [-0.2, -0.15) is 0 Å². The number of ether oxygens (including phenoxy) is 3. The van der Waals surface area contributed by atoms with Crippen LogP contribution < -0.4 is 5.32 Å². The first kappa shape index (κ1) is 15.4. The van der Waals surface area contributed by atoms with Crippen molar-refractivity contribution < 1.29 is 19.0 Å². The molecule has 18 heavy (non-hydrogen) atoms. The Balaban J connectivity index is 2.57. The average Bonchev–Trinajstić information content (AvgIpc) is 2.72. The molecule has 0 heterocycles. The fourth-order valence-corrected chi connectivity index (χ4v) is 2.56. The fraction of sp³-hybridized carbons (Fsp3) is 0.923. The molecule has 1 aliphatic carbocycles. The molecule has 1 rings (SSSR count). The minimum Gasteiger partial charge on any atom is -0.468 e. The van der Waals surface area contributed by atoms with Crippen molar-refractivity contribution in [3.63, 3.8) is 0 Å². The van der Waals surface area contributed by atoms with Crippen LogP contribution in [0.5, 0.6) is 0 Å². The van der Waals surface area contributed by atoms with E-state index in [1.54, 1.807) is 7.11 Å². The summed E-state index contributed by atoms with van der Waals surface area (Å²) in [6.07, 6.45) is 2.40. The zero-order chi connectivity index (χ0) is 13.6. The molecule has 1 aliphatic rings. The van der Waals surface area contributed by atoms with Crippen LogP contribution in [0.4, 0.5) is 0 Å². The molecule has 106 valence electrons. The summed E-state index contributed by atoms with van der Waals surface area (Å²) in [5, 5.41) is 3.34. The molecule has 0 aromatic heterocycles. The average molecular weight is 259 g/mol. The zero-order valence-corrected chi connectivity index (χ0v) is 11.8. The van der Waals surface area contributed by atoms with Crippen molar-refractivity contribution >= 4 is 5.97 Å². The summed E-state index contributed by atoms with van der Waals surface area (Å²) in [6.45, 7) is 5.22. The number of methoxy groups -OCH3 is 2. The lowest BCUT2D eigenvalue weighted by Gasteiger charge is -2.30. The third-order valence-corrected chi connectivity index (χ3v) is 3.25. The Morgan fingerprint density at radius 2 is 2.11 bits per heavy atom. The van der Waals surface area contributed by atoms with Crippen molar-refractivity contribution in [2.24, 2.45) is 0 Å². The Morgan fingerprint density at radius 3 is 2.67 bits per heavy atom. The summed E-state index contributed by atoms with van der Waals surface area (Å²) in [5.41, 5.74) is -0.583. The first-order chi connectivity index (χ1) is 8.54. The molecule has 0 spiro atoms. The van der Waals surface area contributed by atoms with E-state index in [1.165, 1.54) is 7.11 Å². The van der Waals surface area contributed by atoms with Gasteiger partial charge in [-0.25, -0.2) is 0 Å². The number of carbonyl (C=O) groups excluding carboxylic acids is 1. The van der Waals surface area contributed by atoms with E-state index in [-0.39, 0.29) is 18.1 Å². The van der Waals surface area contributed by atoms with Crippen LogP contribution in [0.25, 0.3) is 0 Å². The summed E-state index contributed by atoms with van der Waals surface area (Å²) in [6, 6.07) is 0.238. The third kappa shape index (κ3) is 3.93. The SMILES string of the molecule is COCCOC1CCC(NC(C)C)(C(=O)OC)C1. The Bertz CT molecular complexity index is 270. The summed E-state index contributed by atoms with van der Waals surface area (Å²) in [5.74, 6) is -0.186. The molecular weight excluding hydrogens is 234 g/mol. The second-order valence-electron chi connectivity index (χ2n) is 5.10. The van der Waals surface area contributed by atoms with Crippen LogP contribution in [0.2, 0.25) is 0 Å². The molecule has 0 aromatic rings. The molecule has 0 aliphatic heterocycles. The van der Waals surface area contributed by atoms with E-state index in [0.29, 0.717) is 19.6 Å². The molecule has 1 fully saturated rings. The topological polar surface area (TPSA) is 56.8 Å². The minimum atomic E-state index is -0.583. The van der Waals surface area contributed by atoms with Crippen molar-refractivity contribution in [2.75, 3.05) is 27.4 Å². The normalized spacial score (nSPS) is 27.7. The summed E-state index contributed by atoms with van der Waals surface area (Å²) >= 11 is 0.